The van der Waals surface area contributed by atoms with Crippen molar-refractivity contribution in [1.82, 2.24) is 15.0 Å². The second-order valence-electron chi connectivity index (χ2n) is 13.8. The number of rotatable bonds is 8. The molecular weight excluding hydrogens is 691 g/mol. The predicted octanol–water partition coefficient (Wildman–Crippen LogP) is 13.8. The van der Waals surface area contributed by atoms with Crippen molar-refractivity contribution in [3.8, 4) is 45.0 Å². The minimum atomic E-state index is 0.535. The number of nitrogens with zero attached hydrogens (tertiary/aromatic N) is 3. The van der Waals surface area contributed by atoms with Gasteiger partial charge in [-0.05, 0) is 70.1 Å². The Bertz CT molecular complexity index is 3050. The molecule has 0 fully saturated rings. The Morgan fingerprint density at radius 1 is 0.527 bits per heavy atom. The lowest BCUT2D eigenvalue weighted by molar-refractivity contribution is 0.669. The Balaban J connectivity index is 1.15. The van der Waals surface area contributed by atoms with Crippen LogP contribution in [0.2, 0.25) is 0 Å². The van der Waals surface area contributed by atoms with Gasteiger partial charge in [-0.25, -0.2) is 15.0 Å². The third kappa shape index (κ3) is 5.99. The first-order valence-corrected chi connectivity index (χ1v) is 19.5. The van der Waals surface area contributed by atoms with E-state index < -0.39 is 0 Å². The number of benzene rings is 7. The molecule has 3 aromatic heterocycles. The molecule has 0 unspecified atom stereocenters. The number of aromatic nitrogens is 3. The van der Waals surface area contributed by atoms with E-state index >= 15 is 0 Å². The summed E-state index contributed by atoms with van der Waals surface area (Å²) in [6.45, 7) is 2.17. The molecule has 3 heterocycles. The van der Waals surface area contributed by atoms with E-state index in [9.17, 15) is 0 Å². The smallest absolute Gasteiger partial charge is 0.164 e. The van der Waals surface area contributed by atoms with Crippen LogP contribution in [-0.2, 0) is 6.42 Å². The highest BCUT2D eigenvalue weighted by molar-refractivity contribution is 7.25. The minimum absolute atomic E-state index is 0.535. The quantitative estimate of drug-likeness (QED) is 0.156. The van der Waals surface area contributed by atoms with Crippen LogP contribution in [0, 0.1) is 0 Å². The number of hydrogen-bond donors (Lipinski definition) is 0. The SMILES string of the molecule is CC/C=C\c1c(Cc2nc(-c3ccccc3)nc(-c3cccc4sc5ccccc5c34)n2)cccc1-c1cccc2oc3ccc(-c4ccccc4)cc3c12. The van der Waals surface area contributed by atoms with Gasteiger partial charge in [0, 0.05) is 48.5 Å². The van der Waals surface area contributed by atoms with Crippen LogP contribution in [0.15, 0.2) is 168 Å². The molecule has 0 atom stereocenters. The number of allylic oxidation sites excluding steroid dienone is 1. The van der Waals surface area contributed by atoms with Gasteiger partial charge >= 0.3 is 0 Å². The highest BCUT2D eigenvalue weighted by Crippen LogP contribution is 2.42. The summed E-state index contributed by atoms with van der Waals surface area (Å²) < 4.78 is 8.94. The minimum Gasteiger partial charge on any atom is -0.456 e. The van der Waals surface area contributed by atoms with Crippen LogP contribution >= 0.6 is 11.3 Å². The van der Waals surface area contributed by atoms with E-state index in [1.807, 2.05) is 18.2 Å². The second-order valence-corrected chi connectivity index (χ2v) is 14.8. The molecule has 262 valence electrons. The molecule has 55 heavy (non-hydrogen) atoms. The van der Waals surface area contributed by atoms with Crippen molar-refractivity contribution in [3.05, 3.63) is 181 Å². The molecule has 5 heteroatoms. The molecule has 0 saturated carbocycles. The molecule has 10 rings (SSSR count). The van der Waals surface area contributed by atoms with Gasteiger partial charge < -0.3 is 4.42 Å². The van der Waals surface area contributed by atoms with E-state index in [1.54, 1.807) is 11.3 Å². The fourth-order valence-corrected chi connectivity index (χ4v) is 8.90. The summed E-state index contributed by atoms with van der Waals surface area (Å²) in [6, 6.07) is 55.3. The molecule has 4 nitrogen and oxygen atoms in total. The highest BCUT2D eigenvalue weighted by Gasteiger charge is 2.20. The largest absolute Gasteiger partial charge is 0.456 e. The van der Waals surface area contributed by atoms with Crippen molar-refractivity contribution in [2.75, 3.05) is 0 Å². The van der Waals surface area contributed by atoms with Crippen LogP contribution in [0.5, 0.6) is 0 Å². The van der Waals surface area contributed by atoms with Gasteiger partial charge in [0.25, 0.3) is 0 Å². The molecule has 10 aromatic rings. The van der Waals surface area contributed by atoms with E-state index in [0.717, 1.165) is 73.1 Å². The van der Waals surface area contributed by atoms with Crippen molar-refractivity contribution in [3.63, 3.8) is 0 Å². The average molecular weight is 726 g/mol. The topological polar surface area (TPSA) is 51.8 Å². The molecule has 0 bridgehead atoms. The molecule has 0 radical (unpaired) electrons. The molecule has 0 aliphatic heterocycles. The maximum absolute atomic E-state index is 6.47. The van der Waals surface area contributed by atoms with Crippen molar-refractivity contribution in [1.29, 1.82) is 0 Å². The Labute approximate surface area is 323 Å². The van der Waals surface area contributed by atoms with E-state index in [4.69, 9.17) is 19.4 Å². The lowest BCUT2D eigenvalue weighted by Crippen LogP contribution is -2.05. The molecule has 0 amide bonds. The Kier molecular flexibility index (Phi) is 8.34. The molecule has 0 N–H and O–H groups in total. The predicted molar refractivity (Wildman–Crippen MR) is 230 cm³/mol. The summed E-state index contributed by atoms with van der Waals surface area (Å²) in [4.78, 5) is 15.5. The van der Waals surface area contributed by atoms with Gasteiger partial charge in [-0.1, -0.05) is 146 Å². The van der Waals surface area contributed by atoms with E-state index in [2.05, 4.69) is 159 Å². The summed E-state index contributed by atoms with van der Waals surface area (Å²) in [5, 5.41) is 4.62. The number of furan rings is 1. The lowest BCUT2D eigenvalue weighted by atomic mass is 9.90. The molecule has 0 saturated heterocycles. The first kappa shape index (κ1) is 32.9. The van der Waals surface area contributed by atoms with E-state index in [0.29, 0.717) is 18.1 Å². The zero-order valence-corrected chi connectivity index (χ0v) is 31.1. The van der Waals surface area contributed by atoms with Crippen molar-refractivity contribution in [2.24, 2.45) is 0 Å². The van der Waals surface area contributed by atoms with Crippen LogP contribution in [-0.4, -0.2) is 15.0 Å². The number of hydrogen-bond acceptors (Lipinski definition) is 5. The summed E-state index contributed by atoms with van der Waals surface area (Å²) in [5.74, 6) is 2.08. The fourth-order valence-electron chi connectivity index (χ4n) is 7.76. The lowest BCUT2D eigenvalue weighted by Gasteiger charge is -2.14. The standard InChI is InChI=1S/C50H35N3OS/c1-2-3-20-36-35(19-12-22-37(36)38-23-13-25-43-47(38)41-30-34(28-29-42(41)54-43)32-15-6-4-7-16-32)31-46-51-49(33-17-8-5-9-18-33)53-50(52-46)40-24-14-27-45-48(40)39-21-10-11-26-44(39)55-45/h3-30H,2,31H2,1H3/b20-3-. The molecule has 7 aromatic carbocycles. The Morgan fingerprint density at radius 3 is 2.09 bits per heavy atom. The summed E-state index contributed by atoms with van der Waals surface area (Å²) in [7, 11) is 0. The van der Waals surface area contributed by atoms with Crippen molar-refractivity contribution < 1.29 is 4.42 Å². The third-order valence-electron chi connectivity index (χ3n) is 10.3. The van der Waals surface area contributed by atoms with Gasteiger partial charge in [0.15, 0.2) is 11.6 Å². The summed E-state index contributed by atoms with van der Waals surface area (Å²) >= 11 is 1.80. The summed E-state index contributed by atoms with van der Waals surface area (Å²) in [5.41, 5.74) is 10.7. The van der Waals surface area contributed by atoms with Gasteiger partial charge in [-0.3, -0.25) is 0 Å². The van der Waals surface area contributed by atoms with E-state index in [-0.39, 0.29) is 0 Å². The van der Waals surface area contributed by atoms with Crippen molar-refractivity contribution in [2.45, 2.75) is 19.8 Å². The average Bonchev–Trinajstić information content (AvgIpc) is 3.82. The van der Waals surface area contributed by atoms with Crippen LogP contribution in [0.25, 0.3) is 93.2 Å². The van der Waals surface area contributed by atoms with Crippen LogP contribution in [0.4, 0.5) is 0 Å². The third-order valence-corrected chi connectivity index (χ3v) is 11.5. The van der Waals surface area contributed by atoms with Gasteiger partial charge in [0.05, 0.1) is 0 Å². The zero-order chi connectivity index (χ0) is 36.7. The molecule has 0 aliphatic carbocycles. The molecular formula is C50H35N3OS. The fraction of sp³-hybridized carbons (Fsp3) is 0.0600. The maximum Gasteiger partial charge on any atom is 0.164 e. The van der Waals surface area contributed by atoms with Gasteiger partial charge in [-0.15, -0.1) is 11.3 Å². The summed E-state index contributed by atoms with van der Waals surface area (Å²) in [6.07, 6.45) is 5.95. The van der Waals surface area contributed by atoms with Crippen LogP contribution < -0.4 is 0 Å². The first-order valence-electron chi connectivity index (χ1n) is 18.7. The molecule has 0 aliphatic rings. The monoisotopic (exact) mass is 725 g/mol. The number of fused-ring (bicyclic) bond motifs is 6. The Morgan fingerprint density at radius 2 is 1.24 bits per heavy atom. The molecule has 0 spiro atoms. The van der Waals surface area contributed by atoms with Crippen molar-refractivity contribution >= 4 is 59.5 Å². The first-order chi connectivity index (χ1) is 27.2. The highest BCUT2D eigenvalue weighted by atomic mass is 32.1. The van der Waals surface area contributed by atoms with Crippen LogP contribution in [0.1, 0.15) is 30.3 Å². The number of thiophene rings is 1. The van der Waals surface area contributed by atoms with E-state index in [1.165, 1.54) is 25.7 Å². The second kappa shape index (κ2) is 13.9. The van der Waals surface area contributed by atoms with Crippen LogP contribution in [0.3, 0.4) is 0 Å². The van der Waals surface area contributed by atoms with Gasteiger partial charge in [0.2, 0.25) is 0 Å². The van der Waals surface area contributed by atoms with Gasteiger partial charge in [0.1, 0.15) is 17.0 Å². The normalized spacial score (nSPS) is 11.8. The zero-order valence-electron chi connectivity index (χ0n) is 30.2. The maximum atomic E-state index is 6.47. The van der Waals surface area contributed by atoms with Gasteiger partial charge in [-0.2, -0.15) is 0 Å². The Hall–Kier alpha value is -6.69.